The number of nitrogens with one attached hydrogen (secondary N) is 1. The van der Waals surface area contributed by atoms with Crippen LogP contribution < -0.4 is 5.43 Å². The predicted octanol–water partition coefficient (Wildman–Crippen LogP) is 3.01. The Kier molecular flexibility index (Phi) is 7.55. The number of methoxy groups -OCH3 is 2. The van der Waals surface area contributed by atoms with Crippen LogP contribution in [0.25, 0.3) is 0 Å². The Morgan fingerprint density at radius 1 is 1.10 bits per heavy atom. The van der Waals surface area contributed by atoms with Gasteiger partial charge in [-0.1, -0.05) is 12.0 Å². The first-order chi connectivity index (χ1) is 14.7. The van der Waals surface area contributed by atoms with E-state index in [2.05, 4.69) is 16.3 Å². The Morgan fingerprint density at radius 2 is 1.83 bits per heavy atom. The molecule has 158 valence electrons. The van der Waals surface area contributed by atoms with E-state index in [1.807, 2.05) is 48.5 Å². The summed E-state index contributed by atoms with van der Waals surface area (Å²) in [6.07, 6.45) is 13.1. The van der Waals surface area contributed by atoms with Crippen LogP contribution in [0, 0.1) is 19.3 Å². The molecular weight excluding hydrogens is 382 g/mol. The van der Waals surface area contributed by atoms with Crippen LogP contribution in [0.15, 0.2) is 58.6 Å². The maximum atomic E-state index is 5.92. The van der Waals surface area contributed by atoms with Crippen molar-refractivity contribution < 1.29 is 18.9 Å². The van der Waals surface area contributed by atoms with Gasteiger partial charge in [0.15, 0.2) is 11.5 Å². The molecule has 0 fully saturated rings. The number of aliphatic imine (C=N–C) groups is 1. The minimum atomic E-state index is -0.122. The first-order valence-electron chi connectivity index (χ1n) is 9.70. The Hall–Kier alpha value is -3.21. The Bertz CT molecular complexity index is 912. The Morgan fingerprint density at radius 3 is 2.53 bits per heavy atom. The summed E-state index contributed by atoms with van der Waals surface area (Å²) >= 11 is 0. The summed E-state index contributed by atoms with van der Waals surface area (Å²) in [6.45, 7) is 3.81. The third-order valence-corrected chi connectivity index (χ3v) is 4.73. The largest absolute Gasteiger partial charge is 0.488 e. The molecule has 1 aromatic carbocycles. The molecule has 1 aliphatic heterocycles. The standard InChI is InChI=1S/C23H27N3O4/c1-5-18-7-6-8-20(17(18)2)25-26-16-24-15-19-13-22(29-11-9-27-3)23(14-21(19)26)30-12-10-28-4/h1,6-8,13-16,21,25H,9-12H2,2-4H3. The minimum Gasteiger partial charge on any atom is -0.488 e. The lowest BCUT2D eigenvalue weighted by Crippen LogP contribution is -2.41. The maximum Gasteiger partial charge on any atom is 0.161 e. The third kappa shape index (κ3) is 5.03. The number of hydrazine groups is 1. The SMILES string of the molecule is C#Cc1cccc(NN2C=NC=C3C=C(OCCOC)C(OCCOC)=CC32)c1C. The lowest BCUT2D eigenvalue weighted by Gasteiger charge is -2.35. The number of anilines is 1. The molecule has 0 aromatic heterocycles. The van der Waals surface area contributed by atoms with Gasteiger partial charge in [0.1, 0.15) is 25.6 Å². The predicted molar refractivity (Wildman–Crippen MR) is 117 cm³/mol. The van der Waals surface area contributed by atoms with Gasteiger partial charge in [0.2, 0.25) is 0 Å². The van der Waals surface area contributed by atoms with E-state index >= 15 is 0 Å². The molecule has 3 rings (SSSR count). The summed E-state index contributed by atoms with van der Waals surface area (Å²) in [6, 6.07) is 5.72. The number of hydrogen-bond donors (Lipinski definition) is 1. The molecule has 0 bridgehead atoms. The fraction of sp³-hybridized carbons (Fsp3) is 0.348. The first-order valence-corrected chi connectivity index (χ1v) is 9.70. The zero-order chi connectivity index (χ0) is 21.3. The van der Waals surface area contributed by atoms with E-state index in [0.29, 0.717) is 37.9 Å². The van der Waals surface area contributed by atoms with Crippen molar-refractivity contribution in [1.29, 1.82) is 0 Å². The van der Waals surface area contributed by atoms with Crippen LogP contribution in [-0.4, -0.2) is 58.0 Å². The van der Waals surface area contributed by atoms with Crippen molar-refractivity contribution in [3.63, 3.8) is 0 Å². The first kappa shape index (κ1) is 21.5. The maximum absolute atomic E-state index is 5.92. The topological polar surface area (TPSA) is 64.6 Å². The number of hydrogen-bond acceptors (Lipinski definition) is 7. The zero-order valence-electron chi connectivity index (χ0n) is 17.6. The van der Waals surface area contributed by atoms with E-state index in [1.54, 1.807) is 20.6 Å². The Labute approximate surface area is 177 Å². The fourth-order valence-electron chi connectivity index (χ4n) is 3.10. The van der Waals surface area contributed by atoms with Gasteiger partial charge in [-0.2, -0.15) is 0 Å². The molecule has 0 spiro atoms. The smallest absolute Gasteiger partial charge is 0.161 e. The number of nitrogens with zero attached hydrogens (tertiary/aromatic N) is 2. The summed E-state index contributed by atoms with van der Waals surface area (Å²) in [5.74, 6) is 4.01. The molecule has 1 unspecified atom stereocenters. The molecule has 1 aromatic rings. The van der Waals surface area contributed by atoms with E-state index in [-0.39, 0.29) is 6.04 Å². The quantitative estimate of drug-likeness (QED) is 0.473. The van der Waals surface area contributed by atoms with Gasteiger partial charge in [-0.25, -0.2) is 4.99 Å². The van der Waals surface area contributed by atoms with Crippen LogP contribution >= 0.6 is 0 Å². The molecule has 1 N–H and O–H groups in total. The molecule has 2 aliphatic rings. The molecule has 1 heterocycles. The monoisotopic (exact) mass is 409 g/mol. The highest BCUT2D eigenvalue weighted by molar-refractivity contribution is 5.67. The van der Waals surface area contributed by atoms with Crippen molar-refractivity contribution in [3.05, 3.63) is 64.8 Å². The van der Waals surface area contributed by atoms with Crippen LogP contribution in [0.3, 0.4) is 0 Å². The van der Waals surface area contributed by atoms with E-state index < -0.39 is 0 Å². The highest BCUT2D eigenvalue weighted by Gasteiger charge is 2.28. The molecule has 0 saturated heterocycles. The molecule has 0 amide bonds. The number of ether oxygens (including phenoxy) is 4. The zero-order valence-corrected chi connectivity index (χ0v) is 17.6. The van der Waals surface area contributed by atoms with E-state index in [4.69, 9.17) is 25.4 Å². The minimum absolute atomic E-state index is 0.122. The average Bonchev–Trinajstić information content (AvgIpc) is 2.76. The number of fused-ring (bicyclic) bond motifs is 1. The normalized spacial score (nSPS) is 17.3. The number of benzene rings is 1. The fourth-order valence-corrected chi connectivity index (χ4v) is 3.10. The van der Waals surface area contributed by atoms with Gasteiger partial charge in [-0.15, -0.1) is 6.42 Å². The summed E-state index contributed by atoms with van der Waals surface area (Å²) in [5.41, 5.74) is 7.15. The highest BCUT2D eigenvalue weighted by atomic mass is 16.6. The Balaban J connectivity index is 1.83. The van der Waals surface area contributed by atoms with Gasteiger partial charge in [0.05, 0.1) is 18.9 Å². The van der Waals surface area contributed by atoms with Crippen LogP contribution in [0.2, 0.25) is 0 Å². The second-order valence-electron chi connectivity index (χ2n) is 6.70. The molecule has 0 radical (unpaired) electrons. The summed E-state index contributed by atoms with van der Waals surface area (Å²) in [4.78, 5) is 4.36. The van der Waals surface area contributed by atoms with Gasteiger partial charge in [0.25, 0.3) is 0 Å². The summed E-state index contributed by atoms with van der Waals surface area (Å²) < 4.78 is 22.0. The van der Waals surface area contributed by atoms with Crippen molar-refractivity contribution in [3.8, 4) is 12.3 Å². The van der Waals surface area contributed by atoms with Crippen molar-refractivity contribution in [2.75, 3.05) is 46.1 Å². The molecule has 1 atom stereocenters. The van der Waals surface area contributed by atoms with Gasteiger partial charge in [0, 0.05) is 31.6 Å². The number of rotatable bonds is 10. The molecular formula is C23H27N3O4. The van der Waals surface area contributed by atoms with Gasteiger partial charge < -0.3 is 18.9 Å². The van der Waals surface area contributed by atoms with Gasteiger partial charge in [-0.05, 0) is 36.8 Å². The lowest BCUT2D eigenvalue weighted by atomic mass is 9.99. The highest BCUT2D eigenvalue weighted by Crippen LogP contribution is 2.30. The molecule has 7 nitrogen and oxygen atoms in total. The number of terminal acetylenes is 1. The molecule has 0 saturated carbocycles. The molecule has 7 heteroatoms. The van der Waals surface area contributed by atoms with Crippen molar-refractivity contribution in [2.24, 2.45) is 4.99 Å². The van der Waals surface area contributed by atoms with Gasteiger partial charge >= 0.3 is 0 Å². The van der Waals surface area contributed by atoms with Crippen LogP contribution in [0.1, 0.15) is 11.1 Å². The summed E-state index contributed by atoms with van der Waals surface area (Å²) in [5, 5.41) is 1.92. The average molecular weight is 409 g/mol. The van der Waals surface area contributed by atoms with E-state index in [0.717, 1.165) is 22.4 Å². The van der Waals surface area contributed by atoms with Crippen molar-refractivity contribution in [2.45, 2.75) is 13.0 Å². The van der Waals surface area contributed by atoms with Gasteiger partial charge in [-0.3, -0.25) is 10.4 Å². The van der Waals surface area contributed by atoms with E-state index in [1.165, 1.54) is 0 Å². The third-order valence-electron chi connectivity index (χ3n) is 4.73. The molecule has 30 heavy (non-hydrogen) atoms. The van der Waals surface area contributed by atoms with Crippen molar-refractivity contribution >= 4 is 12.0 Å². The lowest BCUT2D eigenvalue weighted by molar-refractivity contribution is 0.0767. The summed E-state index contributed by atoms with van der Waals surface area (Å²) in [7, 11) is 3.28. The van der Waals surface area contributed by atoms with Crippen LogP contribution in [0.5, 0.6) is 0 Å². The van der Waals surface area contributed by atoms with Crippen LogP contribution in [0.4, 0.5) is 5.69 Å². The second kappa shape index (κ2) is 10.5. The van der Waals surface area contributed by atoms with Crippen LogP contribution in [-0.2, 0) is 18.9 Å². The molecule has 1 aliphatic carbocycles. The van der Waals surface area contributed by atoms with Crippen molar-refractivity contribution in [1.82, 2.24) is 5.01 Å². The second-order valence-corrected chi connectivity index (χ2v) is 6.70. The van der Waals surface area contributed by atoms with E-state index in [9.17, 15) is 0 Å².